The van der Waals surface area contributed by atoms with Crippen molar-refractivity contribution in [2.75, 3.05) is 13.4 Å². The molecule has 1 atom stereocenters. The minimum absolute atomic E-state index is 0.169. The van der Waals surface area contributed by atoms with Crippen LogP contribution in [0.5, 0.6) is 5.75 Å². The Bertz CT molecular complexity index is 675. The molecular formula is C14H16O6S. The minimum Gasteiger partial charge on any atom is -0.497 e. The van der Waals surface area contributed by atoms with E-state index < -0.39 is 11.4 Å². The number of aliphatic hydroxyl groups is 1. The Morgan fingerprint density at radius 1 is 1.38 bits per heavy atom. The summed E-state index contributed by atoms with van der Waals surface area (Å²) < 4.78 is 10.5. The topological polar surface area (TPSA) is 97.0 Å². The Labute approximate surface area is 125 Å². The second kappa shape index (κ2) is 7.70. The van der Waals surface area contributed by atoms with Crippen LogP contribution in [0.1, 0.15) is 18.1 Å². The van der Waals surface area contributed by atoms with E-state index in [0.29, 0.717) is 16.7 Å². The zero-order valence-electron chi connectivity index (χ0n) is 11.8. The number of benzene rings is 1. The molecule has 0 aliphatic heterocycles. The molecular weight excluding hydrogens is 296 g/mol. The number of thioether (sulfide) groups is 1. The Morgan fingerprint density at radius 3 is 2.52 bits per heavy atom. The molecule has 0 saturated heterocycles. The van der Waals surface area contributed by atoms with Crippen LogP contribution in [-0.4, -0.2) is 29.5 Å². The van der Waals surface area contributed by atoms with Crippen molar-refractivity contribution >= 4 is 28.7 Å². The fourth-order valence-corrected chi connectivity index (χ4v) is 1.87. The summed E-state index contributed by atoms with van der Waals surface area (Å²) in [7, 11) is 1.54. The maximum atomic E-state index is 11.8. The van der Waals surface area contributed by atoms with Crippen molar-refractivity contribution in [2.45, 2.75) is 12.4 Å². The van der Waals surface area contributed by atoms with Crippen LogP contribution in [0.4, 0.5) is 0 Å². The van der Waals surface area contributed by atoms with Gasteiger partial charge in [-0.3, -0.25) is 9.59 Å². The summed E-state index contributed by atoms with van der Waals surface area (Å²) in [6, 6.07) is 6.29. The van der Waals surface area contributed by atoms with Gasteiger partial charge in [-0.05, 0) is 18.4 Å². The van der Waals surface area contributed by atoms with E-state index in [1.165, 1.54) is 17.8 Å². The normalized spacial score (nSPS) is 11.4. The van der Waals surface area contributed by atoms with Crippen molar-refractivity contribution < 1.29 is 24.2 Å². The second-order valence-electron chi connectivity index (χ2n) is 3.98. The smallest absolute Gasteiger partial charge is 0.300 e. The Kier molecular flexibility index (Phi) is 6.26. The van der Waals surface area contributed by atoms with Crippen molar-refractivity contribution in [3.8, 4) is 5.75 Å². The first-order valence-electron chi connectivity index (χ1n) is 5.91. The van der Waals surface area contributed by atoms with E-state index in [4.69, 9.17) is 19.1 Å². The highest BCUT2D eigenvalue weighted by Gasteiger charge is 2.12. The van der Waals surface area contributed by atoms with Crippen molar-refractivity contribution in [3.63, 3.8) is 0 Å². The SMILES string of the molecule is CC(=O)O.COc1ccc2c(=O)cc(C(O)SC)oc2c1. The van der Waals surface area contributed by atoms with Crippen LogP contribution in [0.25, 0.3) is 11.0 Å². The minimum atomic E-state index is -0.835. The number of hydrogen-bond donors (Lipinski definition) is 2. The summed E-state index contributed by atoms with van der Waals surface area (Å²) in [6.45, 7) is 1.08. The lowest BCUT2D eigenvalue weighted by atomic mass is 10.2. The predicted molar refractivity (Wildman–Crippen MR) is 80.8 cm³/mol. The average Bonchev–Trinajstić information content (AvgIpc) is 2.45. The maximum absolute atomic E-state index is 11.8. The Morgan fingerprint density at radius 2 is 2.00 bits per heavy atom. The first-order chi connectivity index (χ1) is 9.88. The van der Waals surface area contributed by atoms with Crippen LogP contribution < -0.4 is 10.2 Å². The second-order valence-corrected chi connectivity index (χ2v) is 4.90. The lowest BCUT2D eigenvalue weighted by Gasteiger charge is -2.08. The summed E-state index contributed by atoms with van der Waals surface area (Å²) >= 11 is 1.20. The van der Waals surface area contributed by atoms with E-state index in [0.717, 1.165) is 6.92 Å². The average molecular weight is 312 g/mol. The zero-order chi connectivity index (χ0) is 16.0. The molecule has 1 heterocycles. The van der Waals surface area contributed by atoms with Gasteiger partial charge in [0.25, 0.3) is 5.97 Å². The van der Waals surface area contributed by atoms with Gasteiger partial charge in [-0.2, -0.15) is 0 Å². The summed E-state index contributed by atoms with van der Waals surface area (Å²) in [5, 5.41) is 17.5. The van der Waals surface area contributed by atoms with Crippen molar-refractivity contribution in [1.82, 2.24) is 0 Å². The number of carboxylic acid groups (broad SMARTS) is 1. The highest BCUT2D eigenvalue weighted by molar-refractivity contribution is 7.98. The third-order valence-electron chi connectivity index (χ3n) is 2.42. The number of carbonyl (C=O) groups is 1. The van der Waals surface area contributed by atoms with Gasteiger partial charge in [-0.1, -0.05) is 0 Å². The number of aliphatic carboxylic acids is 1. The first kappa shape index (κ1) is 17.1. The van der Waals surface area contributed by atoms with Gasteiger partial charge in [0.1, 0.15) is 17.1 Å². The molecule has 0 amide bonds. The lowest BCUT2D eigenvalue weighted by molar-refractivity contribution is -0.134. The van der Waals surface area contributed by atoms with Crippen LogP contribution in [0.15, 0.2) is 33.5 Å². The van der Waals surface area contributed by atoms with E-state index in [2.05, 4.69) is 0 Å². The monoisotopic (exact) mass is 312 g/mol. The molecule has 2 N–H and O–H groups in total. The predicted octanol–water partition coefficient (Wildman–Crippen LogP) is 2.25. The Balaban J connectivity index is 0.000000491. The molecule has 0 spiro atoms. The van der Waals surface area contributed by atoms with Crippen molar-refractivity contribution in [1.29, 1.82) is 0 Å². The molecule has 0 aliphatic rings. The number of aliphatic hydroxyl groups excluding tert-OH is 1. The van der Waals surface area contributed by atoms with Crippen LogP contribution >= 0.6 is 11.8 Å². The van der Waals surface area contributed by atoms with Crippen molar-refractivity contribution in [3.05, 3.63) is 40.2 Å². The Hall–Kier alpha value is -1.99. The van der Waals surface area contributed by atoms with Crippen molar-refractivity contribution in [2.24, 2.45) is 0 Å². The van der Waals surface area contributed by atoms with Crippen LogP contribution in [-0.2, 0) is 4.79 Å². The van der Waals surface area contributed by atoms with Gasteiger partial charge in [0.15, 0.2) is 10.9 Å². The molecule has 1 unspecified atom stereocenters. The molecule has 21 heavy (non-hydrogen) atoms. The largest absolute Gasteiger partial charge is 0.497 e. The number of rotatable bonds is 3. The summed E-state index contributed by atoms with van der Waals surface area (Å²) in [5.74, 6) is 0.0275. The molecule has 7 heteroatoms. The van der Waals surface area contributed by atoms with Crippen LogP contribution in [0, 0.1) is 0 Å². The number of fused-ring (bicyclic) bond motifs is 1. The molecule has 0 saturated carbocycles. The van der Waals surface area contributed by atoms with E-state index in [9.17, 15) is 9.90 Å². The van der Waals surface area contributed by atoms with Gasteiger partial charge < -0.3 is 19.4 Å². The van der Waals surface area contributed by atoms with E-state index in [1.54, 1.807) is 31.6 Å². The van der Waals surface area contributed by atoms with Gasteiger partial charge >= 0.3 is 0 Å². The fraction of sp³-hybridized carbons (Fsp3) is 0.286. The maximum Gasteiger partial charge on any atom is 0.300 e. The summed E-state index contributed by atoms with van der Waals surface area (Å²) in [6.07, 6.45) is 1.74. The highest BCUT2D eigenvalue weighted by Crippen LogP contribution is 2.26. The molecule has 0 fully saturated rings. The molecule has 6 nitrogen and oxygen atoms in total. The first-order valence-corrected chi connectivity index (χ1v) is 7.20. The summed E-state index contributed by atoms with van der Waals surface area (Å²) in [4.78, 5) is 20.8. The van der Waals surface area contributed by atoms with Gasteiger partial charge in [0.2, 0.25) is 0 Å². The quantitative estimate of drug-likeness (QED) is 0.839. The third kappa shape index (κ3) is 4.80. The number of carboxylic acids is 1. The van der Waals surface area contributed by atoms with E-state index in [-0.39, 0.29) is 11.2 Å². The molecule has 2 aromatic rings. The van der Waals surface area contributed by atoms with Crippen LogP contribution in [0.2, 0.25) is 0 Å². The standard InChI is InChI=1S/C12H12O4S.C2H4O2/c1-15-7-3-4-8-9(13)6-11(12(14)17-2)16-10(8)5-7;1-2(3)4/h3-6,12,14H,1-2H3;1H3,(H,3,4). The molecule has 0 bridgehead atoms. The number of methoxy groups -OCH3 is 1. The molecule has 2 rings (SSSR count). The molecule has 1 aromatic heterocycles. The third-order valence-corrected chi connectivity index (χ3v) is 3.10. The number of ether oxygens (including phenoxy) is 1. The summed E-state index contributed by atoms with van der Waals surface area (Å²) in [5.41, 5.74) is -0.588. The van der Waals surface area contributed by atoms with Gasteiger partial charge in [-0.15, -0.1) is 11.8 Å². The molecule has 0 radical (unpaired) electrons. The zero-order valence-corrected chi connectivity index (χ0v) is 12.6. The van der Waals surface area contributed by atoms with Gasteiger partial charge in [0.05, 0.1) is 12.5 Å². The molecule has 114 valence electrons. The van der Waals surface area contributed by atoms with E-state index >= 15 is 0 Å². The van der Waals surface area contributed by atoms with Gasteiger partial charge in [-0.25, -0.2) is 0 Å². The molecule has 1 aromatic carbocycles. The van der Waals surface area contributed by atoms with Crippen LogP contribution in [0.3, 0.4) is 0 Å². The highest BCUT2D eigenvalue weighted by atomic mass is 32.2. The van der Waals surface area contributed by atoms with Gasteiger partial charge in [0, 0.05) is 19.1 Å². The van der Waals surface area contributed by atoms with E-state index in [1.807, 2.05) is 0 Å². The fourth-order valence-electron chi connectivity index (χ4n) is 1.52. The molecule has 0 aliphatic carbocycles. The number of hydrogen-bond acceptors (Lipinski definition) is 6. The lowest BCUT2D eigenvalue weighted by Crippen LogP contribution is -2.04.